The third kappa shape index (κ3) is 3.41. The summed E-state index contributed by atoms with van der Waals surface area (Å²) in [4.78, 5) is 20.3. The number of aliphatic carboxylic acids is 1. The third-order valence-corrected chi connectivity index (χ3v) is 5.40. The smallest absolute Gasteiger partial charge is 0.354 e. The molecule has 0 radical (unpaired) electrons. The predicted molar refractivity (Wildman–Crippen MR) is 106 cm³/mol. The summed E-state index contributed by atoms with van der Waals surface area (Å²) in [5.74, 6) is -0.941. The number of allylic oxidation sites excluding steroid dienone is 2. The van der Waals surface area contributed by atoms with Crippen LogP contribution < -0.4 is 0 Å². The Kier molecular flexibility index (Phi) is 4.57. The molecule has 0 aliphatic carbocycles. The zero-order valence-electron chi connectivity index (χ0n) is 13.7. The van der Waals surface area contributed by atoms with Crippen LogP contribution in [0.15, 0.2) is 68.9 Å². The fraction of sp³-hybridized carbons (Fsp3) is 0.150. The van der Waals surface area contributed by atoms with Gasteiger partial charge in [0.2, 0.25) is 0 Å². The molecule has 0 amide bonds. The Morgan fingerprint density at radius 2 is 1.96 bits per heavy atom. The van der Waals surface area contributed by atoms with Crippen molar-refractivity contribution in [2.24, 2.45) is 15.9 Å². The highest BCUT2D eigenvalue weighted by molar-refractivity contribution is 7.08. The van der Waals surface area contributed by atoms with Crippen LogP contribution in [0.2, 0.25) is 5.02 Å². The number of carboxylic acids is 1. The van der Waals surface area contributed by atoms with Gasteiger partial charge in [0, 0.05) is 28.7 Å². The van der Waals surface area contributed by atoms with E-state index in [0.29, 0.717) is 11.6 Å². The van der Waals surface area contributed by atoms with Gasteiger partial charge in [0.15, 0.2) is 0 Å². The Morgan fingerprint density at radius 3 is 2.65 bits per heavy atom. The van der Waals surface area contributed by atoms with Crippen molar-refractivity contribution >= 4 is 45.9 Å². The van der Waals surface area contributed by atoms with Gasteiger partial charge in [-0.3, -0.25) is 9.98 Å². The normalized spacial score (nSPS) is 19.5. The number of halogens is 1. The molecule has 4 rings (SSSR count). The molecule has 1 atom stereocenters. The van der Waals surface area contributed by atoms with Crippen molar-refractivity contribution in [1.82, 2.24) is 0 Å². The van der Waals surface area contributed by atoms with Crippen LogP contribution in [-0.4, -0.2) is 29.0 Å². The first-order valence-corrected chi connectivity index (χ1v) is 9.49. The van der Waals surface area contributed by atoms with Crippen molar-refractivity contribution in [2.75, 3.05) is 6.54 Å². The van der Waals surface area contributed by atoms with Crippen LogP contribution in [0, 0.1) is 5.92 Å². The average Bonchev–Trinajstić information content (AvgIpc) is 3.10. The minimum Gasteiger partial charge on any atom is -0.477 e. The van der Waals surface area contributed by atoms with E-state index in [4.69, 9.17) is 16.6 Å². The van der Waals surface area contributed by atoms with Crippen molar-refractivity contribution < 1.29 is 9.90 Å². The van der Waals surface area contributed by atoms with Gasteiger partial charge in [0.25, 0.3) is 0 Å². The second-order valence-corrected chi connectivity index (χ2v) is 7.40. The fourth-order valence-corrected chi connectivity index (χ4v) is 3.91. The predicted octanol–water partition coefficient (Wildman–Crippen LogP) is 4.72. The molecule has 0 saturated carbocycles. The van der Waals surface area contributed by atoms with E-state index in [0.717, 1.165) is 23.4 Å². The molecule has 1 N–H and O–H groups in total. The lowest BCUT2D eigenvalue weighted by Crippen LogP contribution is -2.20. The molecule has 0 spiro atoms. The molecule has 2 aliphatic heterocycles. The second-order valence-electron chi connectivity index (χ2n) is 6.19. The maximum atomic E-state index is 11.3. The fourth-order valence-electron chi connectivity index (χ4n) is 3.11. The number of aliphatic imine (C=N–C) groups is 2. The van der Waals surface area contributed by atoms with Crippen LogP contribution >= 0.6 is 22.9 Å². The number of hydrogen-bond donors (Lipinski definition) is 1. The van der Waals surface area contributed by atoms with E-state index < -0.39 is 5.97 Å². The summed E-state index contributed by atoms with van der Waals surface area (Å²) in [7, 11) is 0. The first kappa shape index (κ1) is 16.9. The molecular weight excluding hydrogens is 368 g/mol. The summed E-state index contributed by atoms with van der Waals surface area (Å²) < 4.78 is 0. The molecule has 6 heteroatoms. The van der Waals surface area contributed by atoms with Crippen molar-refractivity contribution in [3.05, 3.63) is 75.1 Å². The molecule has 1 unspecified atom stereocenters. The summed E-state index contributed by atoms with van der Waals surface area (Å²) in [5.41, 5.74) is 4.94. The van der Waals surface area contributed by atoms with Gasteiger partial charge in [-0.05, 0) is 58.7 Å². The van der Waals surface area contributed by atoms with Gasteiger partial charge in [-0.15, -0.1) is 0 Å². The molecule has 130 valence electrons. The van der Waals surface area contributed by atoms with Crippen molar-refractivity contribution in [3.63, 3.8) is 0 Å². The summed E-state index contributed by atoms with van der Waals surface area (Å²) >= 11 is 7.67. The van der Waals surface area contributed by atoms with Gasteiger partial charge >= 0.3 is 5.97 Å². The van der Waals surface area contributed by atoms with Crippen molar-refractivity contribution in [3.8, 4) is 0 Å². The largest absolute Gasteiger partial charge is 0.477 e. The van der Waals surface area contributed by atoms with E-state index in [1.807, 2.05) is 24.3 Å². The second kappa shape index (κ2) is 7.02. The molecule has 0 saturated heterocycles. The van der Waals surface area contributed by atoms with Gasteiger partial charge in [-0.2, -0.15) is 11.3 Å². The number of hydrogen-bond acceptors (Lipinski definition) is 4. The topological polar surface area (TPSA) is 62.0 Å². The molecule has 1 aromatic carbocycles. The van der Waals surface area contributed by atoms with Crippen LogP contribution in [-0.2, 0) is 4.79 Å². The van der Waals surface area contributed by atoms with E-state index in [2.05, 4.69) is 27.9 Å². The number of fused-ring (bicyclic) bond motifs is 1. The molecule has 2 aromatic rings. The maximum Gasteiger partial charge on any atom is 0.354 e. The summed E-state index contributed by atoms with van der Waals surface area (Å²) in [5, 5.41) is 14.1. The van der Waals surface area contributed by atoms with Crippen LogP contribution in [0.5, 0.6) is 0 Å². The van der Waals surface area contributed by atoms with E-state index in [1.54, 1.807) is 17.4 Å². The molecular formula is C20H15ClN2O2S. The van der Waals surface area contributed by atoms with E-state index in [-0.39, 0.29) is 11.6 Å². The first-order chi connectivity index (χ1) is 12.6. The van der Waals surface area contributed by atoms with E-state index in [1.165, 1.54) is 11.1 Å². The molecule has 0 fully saturated rings. The van der Waals surface area contributed by atoms with Gasteiger partial charge in [-0.1, -0.05) is 23.7 Å². The molecule has 0 bridgehead atoms. The maximum absolute atomic E-state index is 11.3. The highest BCUT2D eigenvalue weighted by atomic mass is 35.5. The minimum absolute atomic E-state index is 0.0643. The molecule has 1 aromatic heterocycles. The van der Waals surface area contributed by atoms with Gasteiger partial charge in [0.05, 0.1) is 5.71 Å². The number of dihydropyridines is 1. The zero-order chi connectivity index (χ0) is 18.1. The number of benzene rings is 1. The monoisotopic (exact) mass is 382 g/mol. The SMILES string of the molecule is O=C(O)C1=NCC2CC(c3ccsc3)=CC(c3ccc(Cl)cc3)=NC2=C1. The zero-order valence-corrected chi connectivity index (χ0v) is 15.3. The van der Waals surface area contributed by atoms with E-state index >= 15 is 0 Å². The highest BCUT2D eigenvalue weighted by Gasteiger charge is 2.26. The Balaban J connectivity index is 1.81. The quantitative estimate of drug-likeness (QED) is 0.835. The number of nitrogens with zero attached hydrogens (tertiary/aromatic N) is 2. The summed E-state index contributed by atoms with van der Waals surface area (Å²) in [6.07, 6.45) is 4.46. The Bertz CT molecular complexity index is 970. The number of carbonyl (C=O) groups is 1. The lowest BCUT2D eigenvalue weighted by Gasteiger charge is -2.19. The van der Waals surface area contributed by atoms with Crippen LogP contribution in [0.25, 0.3) is 5.57 Å². The van der Waals surface area contributed by atoms with Crippen LogP contribution in [0.3, 0.4) is 0 Å². The Hall–Kier alpha value is -2.50. The molecule has 4 nitrogen and oxygen atoms in total. The van der Waals surface area contributed by atoms with Crippen molar-refractivity contribution in [1.29, 1.82) is 0 Å². The Labute approximate surface area is 159 Å². The third-order valence-electron chi connectivity index (χ3n) is 4.46. The van der Waals surface area contributed by atoms with Gasteiger partial charge < -0.3 is 5.11 Å². The minimum atomic E-state index is -1.02. The standard InChI is InChI=1S/C20H15ClN2O2S/c21-16-3-1-12(2-4-16)17-8-14(13-5-6-26-11-13)7-15-10-22-19(20(24)25)9-18(15)23-17/h1-6,8-9,11,15H,7,10H2,(H,24,25). The number of carboxylic acid groups (broad SMARTS) is 1. The number of thiophene rings is 1. The lowest BCUT2D eigenvalue weighted by atomic mass is 9.91. The van der Waals surface area contributed by atoms with Crippen molar-refractivity contribution in [2.45, 2.75) is 6.42 Å². The summed E-state index contributed by atoms with van der Waals surface area (Å²) in [6.45, 7) is 0.437. The molecule has 26 heavy (non-hydrogen) atoms. The number of rotatable bonds is 3. The lowest BCUT2D eigenvalue weighted by molar-refractivity contribution is -0.129. The Morgan fingerprint density at radius 1 is 1.15 bits per heavy atom. The van der Waals surface area contributed by atoms with Gasteiger partial charge in [0.1, 0.15) is 5.71 Å². The summed E-state index contributed by atoms with van der Waals surface area (Å²) in [6, 6.07) is 9.62. The van der Waals surface area contributed by atoms with Gasteiger partial charge in [-0.25, -0.2) is 4.79 Å². The molecule has 3 heterocycles. The molecule has 2 aliphatic rings. The van der Waals surface area contributed by atoms with E-state index in [9.17, 15) is 9.90 Å². The first-order valence-electron chi connectivity index (χ1n) is 8.17. The highest BCUT2D eigenvalue weighted by Crippen LogP contribution is 2.34. The van der Waals surface area contributed by atoms with Crippen LogP contribution in [0.1, 0.15) is 17.5 Å². The van der Waals surface area contributed by atoms with Crippen LogP contribution in [0.4, 0.5) is 0 Å². The average molecular weight is 383 g/mol.